The minimum atomic E-state index is -0.328. The van der Waals surface area contributed by atoms with Gasteiger partial charge in [-0.3, -0.25) is 14.2 Å². The number of amides is 1. The lowest BCUT2D eigenvalue weighted by molar-refractivity contribution is 0.101. The highest BCUT2D eigenvalue weighted by Gasteiger charge is 2.18. The molecule has 3 aromatic rings. The van der Waals surface area contributed by atoms with Crippen LogP contribution in [0.5, 0.6) is 0 Å². The first-order valence-electron chi connectivity index (χ1n) is 7.01. The molecule has 1 N–H and O–H groups in total. The number of aryl methyl sites for hydroxylation is 1. The highest BCUT2D eigenvalue weighted by molar-refractivity contribution is 14.1. The molecule has 0 aliphatic rings. The molecule has 0 unspecified atom stereocenters. The van der Waals surface area contributed by atoms with E-state index in [0.717, 1.165) is 9.13 Å². The zero-order valence-electron chi connectivity index (χ0n) is 12.8. The monoisotopic (exact) mass is 509 g/mol. The first kappa shape index (κ1) is 18.5. The summed E-state index contributed by atoms with van der Waals surface area (Å²) in [5.41, 5.74) is 1.35. The average molecular weight is 511 g/mol. The fraction of sp³-hybridized carbons (Fsp3) is 0.133. The van der Waals surface area contributed by atoms with Gasteiger partial charge in [-0.05, 0) is 40.3 Å². The lowest BCUT2D eigenvalue weighted by Crippen LogP contribution is -2.18. The van der Waals surface area contributed by atoms with Crippen LogP contribution in [0.4, 0.5) is 5.82 Å². The van der Waals surface area contributed by atoms with Crippen LogP contribution in [0.15, 0.2) is 30.6 Å². The van der Waals surface area contributed by atoms with Crippen LogP contribution in [0, 0.1) is 3.57 Å². The maximum Gasteiger partial charge on any atom is 0.276 e. The summed E-state index contributed by atoms with van der Waals surface area (Å²) in [6.07, 6.45) is 3.24. The molecule has 0 bridgehead atoms. The number of nitrogens with zero attached hydrogens (tertiary/aromatic N) is 4. The van der Waals surface area contributed by atoms with Crippen molar-refractivity contribution in [3.63, 3.8) is 0 Å². The van der Waals surface area contributed by atoms with Gasteiger partial charge in [-0.1, -0.05) is 40.9 Å². The number of anilines is 1. The summed E-state index contributed by atoms with van der Waals surface area (Å²) < 4.78 is 3.85. The van der Waals surface area contributed by atoms with E-state index < -0.39 is 0 Å². The molecule has 0 fully saturated rings. The van der Waals surface area contributed by atoms with Gasteiger partial charge in [-0.2, -0.15) is 10.2 Å². The molecule has 0 atom stereocenters. The summed E-state index contributed by atoms with van der Waals surface area (Å²) >= 11 is 20.2. The Morgan fingerprint density at radius 3 is 2.64 bits per heavy atom. The molecule has 6 nitrogen and oxygen atoms in total. The number of carbonyl (C=O) groups excluding carboxylic acids is 1. The van der Waals surface area contributed by atoms with Crippen molar-refractivity contribution in [1.82, 2.24) is 19.6 Å². The summed E-state index contributed by atoms with van der Waals surface area (Å²) in [5, 5.41) is 12.4. The largest absolute Gasteiger partial charge is 0.302 e. The van der Waals surface area contributed by atoms with Crippen molar-refractivity contribution in [3.8, 4) is 0 Å². The van der Waals surface area contributed by atoms with E-state index >= 15 is 0 Å². The molecule has 0 aliphatic carbocycles. The van der Waals surface area contributed by atoms with Crippen LogP contribution in [0.25, 0.3) is 0 Å². The summed E-state index contributed by atoms with van der Waals surface area (Å²) in [7, 11) is 1.70. The molecular weight excluding hydrogens is 499 g/mol. The zero-order chi connectivity index (χ0) is 18.1. The summed E-state index contributed by atoms with van der Waals surface area (Å²) in [6.45, 7) is 0.440. The highest BCUT2D eigenvalue weighted by Crippen LogP contribution is 2.25. The average Bonchev–Trinajstić information content (AvgIpc) is 3.05. The van der Waals surface area contributed by atoms with Crippen LogP contribution in [0.2, 0.25) is 15.1 Å². The second kappa shape index (κ2) is 7.53. The second-order valence-corrected chi connectivity index (χ2v) is 7.57. The van der Waals surface area contributed by atoms with Gasteiger partial charge in [0.1, 0.15) is 10.7 Å². The molecule has 0 aliphatic heterocycles. The maximum absolute atomic E-state index is 12.4. The molecule has 2 heterocycles. The van der Waals surface area contributed by atoms with Crippen LogP contribution < -0.4 is 5.32 Å². The van der Waals surface area contributed by atoms with E-state index in [9.17, 15) is 4.79 Å². The predicted molar refractivity (Wildman–Crippen MR) is 107 cm³/mol. The minimum Gasteiger partial charge on any atom is -0.302 e. The smallest absolute Gasteiger partial charge is 0.276 e. The molecule has 1 amide bonds. The van der Waals surface area contributed by atoms with E-state index in [2.05, 4.69) is 15.5 Å². The fourth-order valence-electron chi connectivity index (χ4n) is 2.22. The topological polar surface area (TPSA) is 64.7 Å². The first-order chi connectivity index (χ1) is 11.8. The summed E-state index contributed by atoms with van der Waals surface area (Å²) in [6, 6.07) is 5.33. The molecule has 2 aromatic heterocycles. The van der Waals surface area contributed by atoms with Crippen LogP contribution in [0.3, 0.4) is 0 Å². The normalized spacial score (nSPS) is 10.9. The van der Waals surface area contributed by atoms with E-state index in [1.165, 1.54) is 4.68 Å². The molecule has 0 saturated heterocycles. The third kappa shape index (κ3) is 4.11. The van der Waals surface area contributed by atoms with Crippen molar-refractivity contribution in [1.29, 1.82) is 0 Å². The van der Waals surface area contributed by atoms with Gasteiger partial charge < -0.3 is 5.32 Å². The number of nitrogens with one attached hydrogen (secondary N) is 1. The third-order valence-corrected chi connectivity index (χ3v) is 5.19. The number of carbonyl (C=O) groups is 1. The minimum absolute atomic E-state index is 0.281. The zero-order valence-corrected chi connectivity index (χ0v) is 17.2. The van der Waals surface area contributed by atoms with Crippen molar-refractivity contribution in [2.24, 2.45) is 7.05 Å². The van der Waals surface area contributed by atoms with Crippen LogP contribution in [-0.2, 0) is 13.6 Å². The van der Waals surface area contributed by atoms with Crippen molar-refractivity contribution in [3.05, 3.63) is 60.5 Å². The van der Waals surface area contributed by atoms with Crippen LogP contribution in [-0.4, -0.2) is 25.5 Å². The lowest BCUT2D eigenvalue weighted by atomic mass is 10.2. The fourth-order valence-corrected chi connectivity index (χ4v) is 3.46. The second-order valence-electron chi connectivity index (χ2n) is 5.19. The number of hydrogen-bond acceptors (Lipinski definition) is 3. The van der Waals surface area contributed by atoms with Crippen molar-refractivity contribution >= 4 is 69.1 Å². The van der Waals surface area contributed by atoms with E-state index in [1.54, 1.807) is 36.3 Å². The quantitative estimate of drug-likeness (QED) is 0.527. The summed E-state index contributed by atoms with van der Waals surface area (Å²) in [4.78, 5) is 12.4. The Kier molecular flexibility index (Phi) is 5.57. The van der Waals surface area contributed by atoms with Gasteiger partial charge >= 0.3 is 0 Å². The van der Waals surface area contributed by atoms with Gasteiger partial charge in [0, 0.05) is 13.2 Å². The number of rotatable bonds is 4. The Morgan fingerprint density at radius 1 is 1.24 bits per heavy atom. The Labute approximate surface area is 172 Å². The van der Waals surface area contributed by atoms with E-state index in [-0.39, 0.29) is 11.7 Å². The van der Waals surface area contributed by atoms with Crippen molar-refractivity contribution in [2.75, 3.05) is 5.32 Å². The molecule has 3 rings (SSSR count). The molecule has 0 spiro atoms. The molecule has 130 valence electrons. The number of halogens is 4. The van der Waals surface area contributed by atoms with Crippen LogP contribution >= 0.6 is 57.4 Å². The molecular formula is C15H11Cl3IN5O. The van der Waals surface area contributed by atoms with Crippen LogP contribution in [0.1, 0.15) is 16.1 Å². The standard InChI is InChI=1S/C15H11Cl3IN5O/c1-23-13(12(19)5-20-23)15(25)21-14-11(18)7-24(22-14)6-8-2-3-9(16)10(17)4-8/h2-5,7H,6H2,1H3,(H,21,22,25). The predicted octanol–water partition coefficient (Wildman–Crippen LogP) is 4.48. The molecule has 1 aromatic carbocycles. The van der Waals surface area contributed by atoms with Gasteiger partial charge in [-0.15, -0.1) is 0 Å². The SMILES string of the molecule is Cn1ncc(I)c1C(=O)Nc1nn(Cc2ccc(Cl)c(Cl)c2)cc1Cl. The molecule has 25 heavy (non-hydrogen) atoms. The van der Waals surface area contributed by atoms with Crippen molar-refractivity contribution in [2.45, 2.75) is 6.54 Å². The molecule has 0 radical (unpaired) electrons. The Hall–Kier alpha value is -1.29. The Morgan fingerprint density at radius 2 is 2.00 bits per heavy atom. The molecule has 0 saturated carbocycles. The number of benzene rings is 1. The van der Waals surface area contributed by atoms with E-state index in [0.29, 0.717) is 27.3 Å². The van der Waals surface area contributed by atoms with Gasteiger partial charge in [0.05, 0.1) is 26.4 Å². The summed E-state index contributed by atoms with van der Waals surface area (Å²) in [5.74, 6) is -0.0465. The maximum atomic E-state index is 12.4. The number of hydrogen-bond donors (Lipinski definition) is 1. The lowest BCUT2D eigenvalue weighted by Gasteiger charge is -2.05. The van der Waals surface area contributed by atoms with Gasteiger partial charge in [0.25, 0.3) is 5.91 Å². The van der Waals surface area contributed by atoms with Crippen molar-refractivity contribution < 1.29 is 4.79 Å². The molecule has 10 heteroatoms. The van der Waals surface area contributed by atoms with Gasteiger partial charge in [-0.25, -0.2) is 0 Å². The number of aromatic nitrogens is 4. The highest BCUT2D eigenvalue weighted by atomic mass is 127. The Bertz CT molecular complexity index is 933. The Balaban J connectivity index is 1.78. The van der Waals surface area contributed by atoms with E-state index in [1.807, 2.05) is 28.7 Å². The van der Waals surface area contributed by atoms with E-state index in [4.69, 9.17) is 34.8 Å². The van der Waals surface area contributed by atoms with Gasteiger partial charge in [0.15, 0.2) is 5.82 Å². The first-order valence-corrected chi connectivity index (χ1v) is 9.22. The third-order valence-electron chi connectivity index (χ3n) is 3.39. The van der Waals surface area contributed by atoms with Gasteiger partial charge in [0.2, 0.25) is 0 Å².